The van der Waals surface area contributed by atoms with Gasteiger partial charge < -0.3 is 11.1 Å². The molecule has 0 aliphatic carbocycles. The lowest BCUT2D eigenvalue weighted by Crippen LogP contribution is -2.28. The number of aromatic nitrogens is 1. The van der Waals surface area contributed by atoms with Crippen LogP contribution in [0.25, 0.3) is 10.9 Å². The molecule has 3 N–H and O–H groups in total. The van der Waals surface area contributed by atoms with Gasteiger partial charge in [-0.3, -0.25) is 9.78 Å². The molecule has 1 atom stereocenters. The molecule has 1 aromatic carbocycles. The Morgan fingerprint density at radius 1 is 1.39 bits per heavy atom. The van der Waals surface area contributed by atoms with Crippen molar-refractivity contribution >= 4 is 22.5 Å². The lowest BCUT2D eigenvalue weighted by atomic mass is 10.1. The number of nitrogens with one attached hydrogen (secondary N) is 1. The van der Waals surface area contributed by atoms with Gasteiger partial charge in [-0.25, -0.2) is 0 Å². The minimum Gasteiger partial charge on any atom is -0.330 e. The summed E-state index contributed by atoms with van der Waals surface area (Å²) in [5.74, 6) is -0.192. The Hall–Kier alpha value is -1.94. The highest BCUT2D eigenvalue weighted by Crippen LogP contribution is 2.21. The fourth-order valence-corrected chi connectivity index (χ4v) is 1.90. The average Bonchev–Trinajstić information content (AvgIpc) is 2.40. The first kappa shape index (κ1) is 12.5. The highest BCUT2D eigenvalue weighted by molar-refractivity contribution is 6.01. The van der Waals surface area contributed by atoms with Gasteiger partial charge in [-0.1, -0.05) is 25.1 Å². The Bertz CT molecular complexity index is 544. The molecule has 4 heteroatoms. The lowest BCUT2D eigenvalue weighted by Gasteiger charge is -2.13. The van der Waals surface area contributed by atoms with Crippen LogP contribution >= 0.6 is 0 Å². The first-order chi connectivity index (χ1) is 8.76. The van der Waals surface area contributed by atoms with Crippen molar-refractivity contribution < 1.29 is 4.79 Å². The van der Waals surface area contributed by atoms with Crippen molar-refractivity contribution in [2.24, 2.45) is 11.7 Å². The first-order valence-electron chi connectivity index (χ1n) is 6.11. The molecule has 2 rings (SSSR count). The number of nitrogens with zero attached hydrogens (tertiary/aromatic N) is 1. The van der Waals surface area contributed by atoms with Crippen LogP contribution in [0.2, 0.25) is 0 Å². The van der Waals surface area contributed by atoms with E-state index in [1.807, 2.05) is 37.3 Å². The number of amides is 1. The minimum atomic E-state index is -0.149. The van der Waals surface area contributed by atoms with Crippen molar-refractivity contribution in [2.75, 3.05) is 11.9 Å². The van der Waals surface area contributed by atoms with Gasteiger partial charge in [0.2, 0.25) is 5.91 Å². The summed E-state index contributed by atoms with van der Waals surface area (Å²) < 4.78 is 0. The van der Waals surface area contributed by atoms with Gasteiger partial charge in [0.25, 0.3) is 0 Å². The van der Waals surface area contributed by atoms with Crippen molar-refractivity contribution in [3.05, 3.63) is 36.5 Å². The van der Waals surface area contributed by atoms with Gasteiger partial charge in [0.1, 0.15) is 0 Å². The van der Waals surface area contributed by atoms with Crippen LogP contribution in [0, 0.1) is 5.92 Å². The summed E-state index contributed by atoms with van der Waals surface area (Å²) in [6, 6.07) is 9.58. The van der Waals surface area contributed by atoms with Crippen molar-refractivity contribution in [1.82, 2.24) is 4.98 Å². The number of carbonyl (C=O) groups excluding carboxylic acids is 1. The molecule has 1 aromatic heterocycles. The van der Waals surface area contributed by atoms with Crippen LogP contribution in [-0.4, -0.2) is 17.4 Å². The van der Waals surface area contributed by atoms with Crippen molar-refractivity contribution in [3.63, 3.8) is 0 Å². The molecular formula is C14H17N3O. The summed E-state index contributed by atoms with van der Waals surface area (Å²) >= 11 is 0. The van der Waals surface area contributed by atoms with Gasteiger partial charge in [0.15, 0.2) is 0 Å². The van der Waals surface area contributed by atoms with Gasteiger partial charge in [0, 0.05) is 18.1 Å². The van der Waals surface area contributed by atoms with Crippen molar-refractivity contribution in [1.29, 1.82) is 0 Å². The van der Waals surface area contributed by atoms with Gasteiger partial charge in [-0.15, -0.1) is 0 Å². The van der Waals surface area contributed by atoms with Crippen molar-refractivity contribution in [2.45, 2.75) is 13.3 Å². The molecule has 0 fully saturated rings. The van der Waals surface area contributed by atoms with E-state index in [1.54, 1.807) is 6.20 Å². The average molecular weight is 243 g/mol. The number of hydrogen-bond acceptors (Lipinski definition) is 3. The van der Waals surface area contributed by atoms with E-state index < -0.39 is 0 Å². The van der Waals surface area contributed by atoms with E-state index in [2.05, 4.69) is 10.3 Å². The smallest absolute Gasteiger partial charge is 0.228 e. The number of anilines is 1. The Labute approximate surface area is 106 Å². The lowest BCUT2D eigenvalue weighted by molar-refractivity contribution is -0.119. The molecular weight excluding hydrogens is 226 g/mol. The molecule has 0 saturated carbocycles. The summed E-state index contributed by atoms with van der Waals surface area (Å²) in [5, 5.41) is 3.92. The fraction of sp³-hybridized carbons (Fsp3) is 0.286. The van der Waals surface area contributed by atoms with E-state index in [9.17, 15) is 4.79 Å². The maximum absolute atomic E-state index is 12.0. The van der Waals surface area contributed by atoms with Crippen LogP contribution < -0.4 is 11.1 Å². The van der Waals surface area contributed by atoms with Crippen molar-refractivity contribution in [3.8, 4) is 0 Å². The van der Waals surface area contributed by atoms with E-state index in [0.717, 1.165) is 23.0 Å². The van der Waals surface area contributed by atoms with Gasteiger partial charge in [-0.2, -0.15) is 0 Å². The zero-order chi connectivity index (χ0) is 13.0. The molecule has 0 saturated heterocycles. The third-order valence-electron chi connectivity index (χ3n) is 3.04. The molecule has 0 radical (unpaired) electrons. The highest BCUT2D eigenvalue weighted by Gasteiger charge is 2.15. The summed E-state index contributed by atoms with van der Waals surface area (Å²) in [5.41, 5.74) is 7.12. The second-order valence-corrected chi connectivity index (χ2v) is 4.21. The number of pyridine rings is 1. The second kappa shape index (κ2) is 5.60. The zero-order valence-electron chi connectivity index (χ0n) is 10.4. The number of fused-ring (bicyclic) bond motifs is 1. The zero-order valence-corrected chi connectivity index (χ0v) is 10.4. The standard InChI is InChI=1S/C14H17N3O/c1-2-10(9-15)14(18)17-12-7-3-5-11-6-4-8-16-13(11)12/h3-8,10H,2,9,15H2,1H3,(H,17,18). The summed E-state index contributed by atoms with van der Waals surface area (Å²) in [6.07, 6.45) is 2.46. The highest BCUT2D eigenvalue weighted by atomic mass is 16.1. The monoisotopic (exact) mass is 243 g/mol. The van der Waals surface area contributed by atoms with E-state index >= 15 is 0 Å². The minimum absolute atomic E-state index is 0.0434. The summed E-state index contributed by atoms with van der Waals surface area (Å²) in [6.45, 7) is 2.32. The normalized spacial score (nSPS) is 12.3. The third kappa shape index (κ3) is 2.49. The number of hydrogen-bond donors (Lipinski definition) is 2. The second-order valence-electron chi connectivity index (χ2n) is 4.21. The van der Waals surface area contributed by atoms with Gasteiger partial charge in [0.05, 0.1) is 17.1 Å². The quantitative estimate of drug-likeness (QED) is 0.864. The summed E-state index contributed by atoms with van der Waals surface area (Å²) in [7, 11) is 0. The van der Waals surface area contributed by atoms with E-state index in [1.165, 1.54) is 0 Å². The van der Waals surface area contributed by atoms with Crippen LogP contribution in [0.4, 0.5) is 5.69 Å². The predicted molar refractivity (Wildman–Crippen MR) is 73.2 cm³/mol. The molecule has 0 aliphatic rings. The van der Waals surface area contributed by atoms with Gasteiger partial charge in [-0.05, 0) is 18.6 Å². The fourth-order valence-electron chi connectivity index (χ4n) is 1.90. The Morgan fingerprint density at radius 3 is 2.89 bits per heavy atom. The molecule has 4 nitrogen and oxygen atoms in total. The topological polar surface area (TPSA) is 68.0 Å². The maximum atomic E-state index is 12.0. The number of carbonyl (C=O) groups is 1. The predicted octanol–water partition coefficient (Wildman–Crippen LogP) is 2.16. The molecule has 0 aliphatic heterocycles. The van der Waals surface area contributed by atoms with Crippen LogP contribution in [-0.2, 0) is 4.79 Å². The van der Waals surface area contributed by atoms with E-state index in [4.69, 9.17) is 5.73 Å². The van der Waals surface area contributed by atoms with Crippen LogP contribution in [0.5, 0.6) is 0 Å². The molecule has 0 spiro atoms. The molecule has 94 valence electrons. The molecule has 18 heavy (non-hydrogen) atoms. The number of rotatable bonds is 4. The largest absolute Gasteiger partial charge is 0.330 e. The Balaban J connectivity index is 2.29. The van der Waals surface area contributed by atoms with E-state index in [0.29, 0.717) is 6.54 Å². The molecule has 1 heterocycles. The van der Waals surface area contributed by atoms with Crippen LogP contribution in [0.3, 0.4) is 0 Å². The van der Waals surface area contributed by atoms with E-state index in [-0.39, 0.29) is 11.8 Å². The molecule has 1 amide bonds. The number of para-hydroxylation sites is 1. The molecule has 0 bridgehead atoms. The SMILES string of the molecule is CCC(CN)C(=O)Nc1cccc2cccnc12. The van der Waals surface area contributed by atoms with Crippen LogP contribution in [0.1, 0.15) is 13.3 Å². The molecule has 2 aromatic rings. The number of benzene rings is 1. The maximum Gasteiger partial charge on any atom is 0.228 e. The van der Waals surface area contributed by atoms with Crippen LogP contribution in [0.15, 0.2) is 36.5 Å². The third-order valence-corrected chi connectivity index (χ3v) is 3.04. The Kier molecular flexibility index (Phi) is 3.89. The number of nitrogens with two attached hydrogens (primary N) is 1. The Morgan fingerprint density at radius 2 is 2.17 bits per heavy atom. The first-order valence-corrected chi connectivity index (χ1v) is 6.11. The summed E-state index contributed by atoms with van der Waals surface area (Å²) in [4.78, 5) is 16.3. The molecule has 1 unspecified atom stereocenters. The van der Waals surface area contributed by atoms with Gasteiger partial charge >= 0.3 is 0 Å².